The molecule has 1 amide bonds. The average Bonchev–Trinajstić information content (AvgIpc) is 2.85. The third-order valence-electron chi connectivity index (χ3n) is 3.03. The van der Waals surface area contributed by atoms with Gasteiger partial charge in [-0.3, -0.25) is 9.78 Å². The summed E-state index contributed by atoms with van der Waals surface area (Å²) in [7, 11) is 0. The van der Waals surface area contributed by atoms with Gasteiger partial charge >= 0.3 is 0 Å². The molecule has 92 valence electrons. The van der Waals surface area contributed by atoms with Gasteiger partial charge in [0.1, 0.15) is 5.82 Å². The molecule has 2 aromatic rings. The first kappa shape index (κ1) is 10.9. The first-order valence-electron chi connectivity index (χ1n) is 5.64. The Morgan fingerprint density at radius 2 is 2.22 bits per heavy atom. The van der Waals surface area contributed by atoms with Gasteiger partial charge in [0.25, 0.3) is 5.91 Å². The number of halogens is 1. The number of carbonyl (C=O) groups excluding carboxylic acids is 1. The van der Waals surface area contributed by atoms with Crippen LogP contribution in [0.25, 0.3) is 0 Å². The number of amides is 1. The molecular formula is C12H11FN4O. The zero-order chi connectivity index (χ0) is 12.5. The molecule has 0 saturated carbocycles. The molecule has 1 aliphatic heterocycles. The first-order valence-corrected chi connectivity index (χ1v) is 5.64. The molecule has 0 aliphatic carbocycles. The molecule has 0 aromatic carbocycles. The van der Waals surface area contributed by atoms with E-state index in [1.807, 2.05) is 10.8 Å². The maximum absolute atomic E-state index is 13.5. The molecule has 0 N–H and O–H groups in total. The number of pyridine rings is 1. The fourth-order valence-electron chi connectivity index (χ4n) is 2.07. The summed E-state index contributed by atoms with van der Waals surface area (Å²) >= 11 is 0. The number of imidazole rings is 1. The fourth-order valence-corrected chi connectivity index (χ4v) is 2.07. The van der Waals surface area contributed by atoms with Crippen molar-refractivity contribution in [2.24, 2.45) is 0 Å². The lowest BCUT2D eigenvalue weighted by Gasteiger charge is -2.27. The molecule has 0 spiro atoms. The van der Waals surface area contributed by atoms with E-state index in [0.29, 0.717) is 19.6 Å². The van der Waals surface area contributed by atoms with Gasteiger partial charge in [-0.1, -0.05) is 0 Å². The monoisotopic (exact) mass is 246 g/mol. The Labute approximate surface area is 103 Å². The molecule has 18 heavy (non-hydrogen) atoms. The SMILES string of the molecule is O=C(c1ccncc1F)N1CCn2ccnc2C1. The number of hydrogen-bond donors (Lipinski definition) is 0. The largest absolute Gasteiger partial charge is 0.332 e. The summed E-state index contributed by atoms with van der Waals surface area (Å²) in [5.74, 6) is -0.0790. The van der Waals surface area contributed by atoms with Crippen molar-refractivity contribution in [3.63, 3.8) is 0 Å². The second-order valence-electron chi connectivity index (χ2n) is 4.12. The Morgan fingerprint density at radius 3 is 3.06 bits per heavy atom. The van der Waals surface area contributed by atoms with Crippen LogP contribution in [0.2, 0.25) is 0 Å². The Kier molecular flexibility index (Phi) is 2.55. The van der Waals surface area contributed by atoms with Gasteiger partial charge < -0.3 is 9.47 Å². The highest BCUT2D eigenvalue weighted by Crippen LogP contribution is 2.15. The van der Waals surface area contributed by atoms with Crippen molar-refractivity contribution in [1.82, 2.24) is 19.4 Å². The summed E-state index contributed by atoms with van der Waals surface area (Å²) in [5.41, 5.74) is 0.0602. The number of rotatable bonds is 1. The van der Waals surface area contributed by atoms with Gasteiger partial charge in [-0.05, 0) is 6.07 Å². The third-order valence-corrected chi connectivity index (χ3v) is 3.03. The van der Waals surface area contributed by atoms with Crippen molar-refractivity contribution in [2.45, 2.75) is 13.1 Å². The molecule has 0 radical (unpaired) electrons. The normalized spacial score (nSPS) is 14.4. The number of nitrogens with zero attached hydrogens (tertiary/aromatic N) is 4. The van der Waals surface area contributed by atoms with Crippen LogP contribution < -0.4 is 0 Å². The zero-order valence-electron chi connectivity index (χ0n) is 9.58. The van der Waals surface area contributed by atoms with Gasteiger partial charge in [0.05, 0.1) is 18.3 Å². The second kappa shape index (κ2) is 4.21. The Hall–Kier alpha value is -2.24. The Morgan fingerprint density at radius 1 is 1.33 bits per heavy atom. The molecule has 1 aliphatic rings. The number of aromatic nitrogens is 3. The molecule has 0 atom stereocenters. The lowest BCUT2D eigenvalue weighted by atomic mass is 10.2. The predicted molar refractivity (Wildman–Crippen MR) is 61.2 cm³/mol. The van der Waals surface area contributed by atoms with E-state index in [1.165, 1.54) is 12.3 Å². The topological polar surface area (TPSA) is 51.0 Å². The van der Waals surface area contributed by atoms with Crippen molar-refractivity contribution in [1.29, 1.82) is 0 Å². The van der Waals surface area contributed by atoms with Crippen LogP contribution in [0.5, 0.6) is 0 Å². The van der Waals surface area contributed by atoms with Crippen molar-refractivity contribution < 1.29 is 9.18 Å². The van der Waals surface area contributed by atoms with Gasteiger partial charge in [0, 0.05) is 31.7 Å². The predicted octanol–water partition coefficient (Wildman–Crippen LogP) is 1.07. The number of fused-ring (bicyclic) bond motifs is 1. The summed E-state index contributed by atoms with van der Waals surface area (Å²) < 4.78 is 15.5. The third kappa shape index (κ3) is 1.75. The quantitative estimate of drug-likeness (QED) is 0.756. The van der Waals surface area contributed by atoms with Gasteiger partial charge in [0.2, 0.25) is 0 Å². The summed E-state index contributed by atoms with van der Waals surface area (Å²) in [6.45, 7) is 1.66. The molecular weight excluding hydrogens is 235 g/mol. The summed E-state index contributed by atoms with van der Waals surface area (Å²) in [6.07, 6.45) is 6.06. The zero-order valence-corrected chi connectivity index (χ0v) is 9.58. The van der Waals surface area contributed by atoms with Gasteiger partial charge in [0.15, 0.2) is 5.82 Å². The molecule has 3 rings (SSSR count). The van der Waals surface area contributed by atoms with E-state index < -0.39 is 5.82 Å². The van der Waals surface area contributed by atoms with E-state index >= 15 is 0 Å². The van der Waals surface area contributed by atoms with Crippen LogP contribution in [-0.4, -0.2) is 31.9 Å². The minimum Gasteiger partial charge on any atom is -0.332 e. The molecule has 6 heteroatoms. The van der Waals surface area contributed by atoms with Crippen LogP contribution in [0.15, 0.2) is 30.9 Å². The van der Waals surface area contributed by atoms with Crippen LogP contribution in [-0.2, 0) is 13.1 Å². The summed E-state index contributed by atoms with van der Waals surface area (Å²) in [5, 5.41) is 0. The van der Waals surface area contributed by atoms with Gasteiger partial charge in [-0.2, -0.15) is 0 Å². The van der Waals surface area contributed by atoms with E-state index in [2.05, 4.69) is 9.97 Å². The number of hydrogen-bond acceptors (Lipinski definition) is 3. The summed E-state index contributed by atoms with van der Waals surface area (Å²) in [4.78, 5) is 21.6. The minimum absolute atomic E-state index is 0.0602. The van der Waals surface area contributed by atoms with Gasteiger partial charge in [-0.25, -0.2) is 9.37 Å². The first-order chi connectivity index (χ1) is 8.75. The standard InChI is InChI=1S/C12H11FN4O/c13-10-7-14-2-1-9(10)12(18)17-6-5-16-4-3-15-11(16)8-17/h1-4,7H,5-6,8H2. The molecule has 5 nitrogen and oxygen atoms in total. The van der Waals surface area contributed by atoms with E-state index in [-0.39, 0.29) is 11.5 Å². The van der Waals surface area contributed by atoms with Crippen LogP contribution in [0.4, 0.5) is 4.39 Å². The van der Waals surface area contributed by atoms with E-state index in [0.717, 1.165) is 12.0 Å². The van der Waals surface area contributed by atoms with E-state index in [4.69, 9.17) is 0 Å². The van der Waals surface area contributed by atoms with Crippen LogP contribution in [0.3, 0.4) is 0 Å². The van der Waals surface area contributed by atoms with Gasteiger partial charge in [-0.15, -0.1) is 0 Å². The molecule has 0 unspecified atom stereocenters. The molecule has 0 bridgehead atoms. The highest BCUT2D eigenvalue weighted by atomic mass is 19.1. The minimum atomic E-state index is -0.587. The highest BCUT2D eigenvalue weighted by Gasteiger charge is 2.24. The maximum atomic E-state index is 13.5. The smallest absolute Gasteiger partial charge is 0.257 e. The Bertz CT molecular complexity index is 595. The summed E-state index contributed by atoms with van der Waals surface area (Å²) in [6, 6.07) is 1.40. The van der Waals surface area contributed by atoms with Crippen LogP contribution >= 0.6 is 0 Å². The number of carbonyl (C=O) groups is 1. The van der Waals surface area contributed by atoms with Crippen LogP contribution in [0.1, 0.15) is 16.2 Å². The highest BCUT2D eigenvalue weighted by molar-refractivity contribution is 5.94. The van der Waals surface area contributed by atoms with Crippen molar-refractivity contribution in [2.75, 3.05) is 6.54 Å². The fraction of sp³-hybridized carbons (Fsp3) is 0.250. The van der Waals surface area contributed by atoms with Crippen LogP contribution in [0, 0.1) is 5.82 Å². The maximum Gasteiger partial charge on any atom is 0.257 e. The van der Waals surface area contributed by atoms with E-state index in [9.17, 15) is 9.18 Å². The van der Waals surface area contributed by atoms with E-state index in [1.54, 1.807) is 11.1 Å². The molecule has 0 saturated heterocycles. The molecule has 2 aromatic heterocycles. The molecule has 0 fully saturated rings. The lowest BCUT2D eigenvalue weighted by molar-refractivity contribution is 0.0702. The van der Waals surface area contributed by atoms with Crippen molar-refractivity contribution in [3.8, 4) is 0 Å². The second-order valence-corrected chi connectivity index (χ2v) is 4.12. The lowest BCUT2D eigenvalue weighted by Crippen LogP contribution is -2.38. The average molecular weight is 246 g/mol. The van der Waals surface area contributed by atoms with Crippen molar-refractivity contribution in [3.05, 3.63) is 48.1 Å². The Balaban J connectivity index is 1.85. The van der Waals surface area contributed by atoms with Crippen molar-refractivity contribution >= 4 is 5.91 Å². The molecule has 3 heterocycles.